The summed E-state index contributed by atoms with van der Waals surface area (Å²) >= 11 is 0. The molecule has 140 valence electrons. The van der Waals surface area contributed by atoms with Crippen LogP contribution < -0.4 is 11.1 Å². The van der Waals surface area contributed by atoms with E-state index < -0.39 is 0 Å². The van der Waals surface area contributed by atoms with Crippen LogP contribution in [0.15, 0.2) is 18.2 Å². The van der Waals surface area contributed by atoms with Crippen LogP contribution in [0.5, 0.6) is 0 Å². The third-order valence-electron chi connectivity index (χ3n) is 5.03. The first-order chi connectivity index (χ1) is 12.2. The zero-order chi connectivity index (χ0) is 17.9. The van der Waals surface area contributed by atoms with E-state index >= 15 is 0 Å². The van der Waals surface area contributed by atoms with Crippen LogP contribution in [-0.4, -0.2) is 18.6 Å². The maximum atomic E-state index is 11.8. The van der Waals surface area contributed by atoms with Crippen LogP contribution in [0.2, 0.25) is 0 Å². The van der Waals surface area contributed by atoms with Crippen LogP contribution in [-0.2, 0) is 4.74 Å². The normalized spacial score (nSPS) is 18.0. The van der Waals surface area contributed by atoms with Gasteiger partial charge in [0.05, 0.1) is 23.5 Å². The number of nitrogen functional groups attached to an aromatic ring is 1. The molecule has 1 aliphatic rings. The van der Waals surface area contributed by atoms with E-state index in [9.17, 15) is 4.79 Å². The highest BCUT2D eigenvalue weighted by atomic mass is 16.5. The molecular weight excluding hydrogens is 312 g/mol. The number of hydrogen-bond donors (Lipinski definition) is 2. The minimum absolute atomic E-state index is 0.313. The number of rotatable bonds is 4. The molecule has 1 aliphatic carbocycles. The van der Waals surface area contributed by atoms with Crippen molar-refractivity contribution in [1.29, 1.82) is 0 Å². The minimum Gasteiger partial charge on any atom is -0.462 e. The minimum atomic E-state index is -0.313. The lowest BCUT2D eigenvalue weighted by atomic mass is 9.97. The van der Waals surface area contributed by atoms with Crippen molar-refractivity contribution in [3.63, 3.8) is 0 Å². The van der Waals surface area contributed by atoms with Gasteiger partial charge in [0, 0.05) is 6.04 Å². The number of nitrogens with one attached hydrogen (secondary N) is 1. The number of nitrogens with two attached hydrogens (primary N) is 1. The topological polar surface area (TPSA) is 64.3 Å². The van der Waals surface area contributed by atoms with Gasteiger partial charge in [0.1, 0.15) is 0 Å². The van der Waals surface area contributed by atoms with Crippen molar-refractivity contribution < 1.29 is 9.53 Å². The summed E-state index contributed by atoms with van der Waals surface area (Å²) in [5, 5.41) is 3.62. The van der Waals surface area contributed by atoms with E-state index in [-0.39, 0.29) is 5.97 Å². The molecule has 0 unspecified atom stereocenters. The van der Waals surface area contributed by atoms with E-state index in [0.717, 1.165) is 5.69 Å². The quantitative estimate of drug-likeness (QED) is 0.555. The Balaban J connectivity index is 1.95. The molecule has 0 amide bonds. The Morgan fingerprint density at radius 3 is 2.12 bits per heavy atom. The molecule has 1 fully saturated rings. The summed E-state index contributed by atoms with van der Waals surface area (Å²) in [6, 6.07) is 5.90. The van der Waals surface area contributed by atoms with Crippen molar-refractivity contribution in [2.24, 2.45) is 0 Å². The average Bonchev–Trinajstić information content (AvgIpc) is 2.59. The summed E-state index contributed by atoms with van der Waals surface area (Å²) in [7, 11) is 0. The van der Waals surface area contributed by atoms with Crippen molar-refractivity contribution >= 4 is 17.3 Å². The molecule has 1 aromatic rings. The Labute approximate surface area is 152 Å². The van der Waals surface area contributed by atoms with Gasteiger partial charge in [0.25, 0.3) is 0 Å². The van der Waals surface area contributed by atoms with Gasteiger partial charge in [0.2, 0.25) is 0 Å². The molecule has 0 atom stereocenters. The summed E-state index contributed by atoms with van der Waals surface area (Å²) in [5.74, 6) is -0.313. The van der Waals surface area contributed by atoms with Crippen molar-refractivity contribution in [2.45, 2.75) is 83.6 Å². The summed E-state index contributed by atoms with van der Waals surface area (Å²) in [6.45, 7) is 2.18. The summed E-state index contributed by atoms with van der Waals surface area (Å²) < 4.78 is 5.04. The van der Waals surface area contributed by atoms with Crippen LogP contribution in [0, 0.1) is 0 Å². The largest absolute Gasteiger partial charge is 0.462 e. The lowest BCUT2D eigenvalue weighted by Crippen LogP contribution is -2.20. The van der Waals surface area contributed by atoms with Crippen LogP contribution in [0.4, 0.5) is 11.4 Å². The van der Waals surface area contributed by atoms with Crippen LogP contribution >= 0.6 is 0 Å². The van der Waals surface area contributed by atoms with Gasteiger partial charge in [-0.2, -0.15) is 0 Å². The number of ether oxygens (including phenoxy) is 1. The van der Waals surface area contributed by atoms with Gasteiger partial charge in [-0.25, -0.2) is 4.79 Å². The molecule has 0 heterocycles. The van der Waals surface area contributed by atoms with E-state index in [4.69, 9.17) is 10.5 Å². The third-order valence-corrected chi connectivity index (χ3v) is 5.03. The fraction of sp³-hybridized carbons (Fsp3) is 0.667. The molecule has 3 N–H and O–H groups in total. The second-order valence-electron chi connectivity index (χ2n) is 7.12. The molecule has 0 aromatic heterocycles. The molecule has 4 nitrogen and oxygen atoms in total. The fourth-order valence-corrected chi connectivity index (χ4v) is 3.56. The maximum Gasteiger partial charge on any atom is 0.338 e. The monoisotopic (exact) mass is 346 g/mol. The van der Waals surface area contributed by atoms with E-state index in [2.05, 4.69) is 5.32 Å². The van der Waals surface area contributed by atoms with Crippen molar-refractivity contribution in [3.05, 3.63) is 23.8 Å². The number of benzene rings is 1. The fourth-order valence-electron chi connectivity index (χ4n) is 3.56. The van der Waals surface area contributed by atoms with Crippen LogP contribution in [0.3, 0.4) is 0 Å². The van der Waals surface area contributed by atoms with Crippen molar-refractivity contribution in [3.8, 4) is 0 Å². The number of carbonyl (C=O) groups excluding carboxylic acids is 1. The summed E-state index contributed by atoms with van der Waals surface area (Å²) in [4.78, 5) is 11.8. The predicted octanol–water partition coefficient (Wildman–Crippen LogP) is 5.53. The molecule has 1 aromatic carbocycles. The highest BCUT2D eigenvalue weighted by Gasteiger charge is 2.13. The molecule has 25 heavy (non-hydrogen) atoms. The summed E-state index contributed by atoms with van der Waals surface area (Å²) in [6.07, 6.45) is 14.5. The SMILES string of the molecule is CCOC(=O)c1ccc(NC2CCCCCCCCCCC2)c(N)c1. The molecule has 0 saturated heterocycles. The molecular formula is C21H34N2O2. The van der Waals surface area contributed by atoms with Crippen LogP contribution in [0.25, 0.3) is 0 Å². The molecule has 1 saturated carbocycles. The Morgan fingerprint density at radius 1 is 1.04 bits per heavy atom. The van der Waals surface area contributed by atoms with Crippen molar-refractivity contribution in [1.82, 2.24) is 0 Å². The number of hydrogen-bond acceptors (Lipinski definition) is 4. The highest BCUT2D eigenvalue weighted by molar-refractivity contribution is 5.91. The van der Waals surface area contributed by atoms with E-state index in [1.165, 1.54) is 70.6 Å². The Morgan fingerprint density at radius 2 is 1.60 bits per heavy atom. The maximum absolute atomic E-state index is 11.8. The van der Waals surface area contributed by atoms with E-state index in [1.54, 1.807) is 19.1 Å². The van der Waals surface area contributed by atoms with E-state index in [0.29, 0.717) is 23.9 Å². The molecule has 0 radical (unpaired) electrons. The standard InChI is InChI=1S/C21H34N2O2/c1-2-25-21(24)17-14-15-20(19(22)16-17)23-18-12-10-8-6-4-3-5-7-9-11-13-18/h14-16,18,23H,2-13,22H2,1H3. The van der Waals surface area contributed by atoms with Gasteiger partial charge in [-0.3, -0.25) is 0 Å². The number of esters is 1. The Hall–Kier alpha value is -1.71. The third kappa shape index (κ3) is 6.97. The number of carbonyl (C=O) groups is 1. The Kier molecular flexibility index (Phi) is 8.64. The van der Waals surface area contributed by atoms with Gasteiger partial charge in [0.15, 0.2) is 0 Å². The van der Waals surface area contributed by atoms with Crippen molar-refractivity contribution in [2.75, 3.05) is 17.7 Å². The molecule has 0 spiro atoms. The van der Waals surface area contributed by atoms with Gasteiger partial charge in [-0.1, -0.05) is 57.8 Å². The first-order valence-electron chi connectivity index (χ1n) is 10.0. The Bertz CT molecular complexity index is 519. The average molecular weight is 347 g/mol. The lowest BCUT2D eigenvalue weighted by molar-refractivity contribution is 0.0526. The predicted molar refractivity (Wildman–Crippen MR) is 105 cm³/mol. The first-order valence-corrected chi connectivity index (χ1v) is 10.0. The lowest BCUT2D eigenvalue weighted by Gasteiger charge is -2.22. The molecule has 0 aliphatic heterocycles. The molecule has 4 heteroatoms. The molecule has 0 bridgehead atoms. The van der Waals surface area contributed by atoms with Crippen LogP contribution in [0.1, 0.15) is 87.9 Å². The van der Waals surface area contributed by atoms with Gasteiger partial charge in [-0.05, 0) is 38.0 Å². The van der Waals surface area contributed by atoms with E-state index in [1.807, 2.05) is 6.07 Å². The number of anilines is 2. The zero-order valence-electron chi connectivity index (χ0n) is 15.7. The van der Waals surface area contributed by atoms with Gasteiger partial charge in [-0.15, -0.1) is 0 Å². The second-order valence-corrected chi connectivity index (χ2v) is 7.12. The highest BCUT2D eigenvalue weighted by Crippen LogP contribution is 2.25. The smallest absolute Gasteiger partial charge is 0.338 e. The van der Waals surface area contributed by atoms with Gasteiger partial charge < -0.3 is 15.8 Å². The summed E-state index contributed by atoms with van der Waals surface area (Å²) in [5.41, 5.74) is 8.25. The zero-order valence-corrected chi connectivity index (χ0v) is 15.7. The molecule has 2 rings (SSSR count). The second kappa shape index (κ2) is 11.0. The first kappa shape index (κ1) is 19.6. The van der Waals surface area contributed by atoms with Gasteiger partial charge >= 0.3 is 5.97 Å².